The van der Waals surface area contributed by atoms with Crippen LogP contribution in [0.4, 0.5) is 0 Å². The third-order valence-electron chi connectivity index (χ3n) is 4.22. The average molecular weight is 321 g/mol. The van der Waals surface area contributed by atoms with Crippen LogP contribution in [-0.4, -0.2) is 47.9 Å². The Bertz CT molecular complexity index is 610. The fraction of sp³-hybridized carbons (Fsp3) is 0.500. The number of aliphatic carboxylic acids is 1. The molecule has 0 unspecified atom stereocenters. The van der Waals surface area contributed by atoms with Gasteiger partial charge in [-0.3, -0.25) is 4.79 Å². The molecule has 3 rings (SSSR count). The first-order valence-corrected chi connectivity index (χ1v) is 7.57. The molecule has 1 fully saturated rings. The van der Waals surface area contributed by atoms with E-state index in [1.165, 1.54) is 0 Å². The van der Waals surface area contributed by atoms with E-state index >= 15 is 0 Å². The third-order valence-corrected chi connectivity index (χ3v) is 4.22. The van der Waals surface area contributed by atoms with Gasteiger partial charge in [0.2, 0.25) is 6.10 Å². The van der Waals surface area contributed by atoms with Gasteiger partial charge in [-0.2, -0.15) is 0 Å². The van der Waals surface area contributed by atoms with Crippen LogP contribution in [0.2, 0.25) is 0 Å². The summed E-state index contributed by atoms with van der Waals surface area (Å²) in [6, 6.07) is 7.07. The number of carbonyl (C=O) groups excluding carboxylic acids is 1. The zero-order valence-electron chi connectivity index (χ0n) is 12.8. The van der Waals surface area contributed by atoms with Crippen molar-refractivity contribution in [3.05, 3.63) is 24.3 Å². The number of benzene rings is 1. The first-order valence-electron chi connectivity index (χ1n) is 7.57. The number of amides is 1. The van der Waals surface area contributed by atoms with Gasteiger partial charge in [0.25, 0.3) is 5.91 Å². The SMILES string of the molecule is C[C@H]1Oc2ccccc2O[C@@H]1C(=O)NC1(C(=O)O)CCOCC1. The predicted molar refractivity (Wildman–Crippen MR) is 79.5 cm³/mol. The van der Waals surface area contributed by atoms with Gasteiger partial charge >= 0.3 is 5.97 Å². The molecule has 2 N–H and O–H groups in total. The van der Waals surface area contributed by atoms with Gasteiger partial charge in [-0.25, -0.2) is 4.79 Å². The lowest BCUT2D eigenvalue weighted by atomic mass is 9.89. The van der Waals surface area contributed by atoms with E-state index in [0.717, 1.165) is 0 Å². The summed E-state index contributed by atoms with van der Waals surface area (Å²) in [5, 5.41) is 12.2. The monoisotopic (exact) mass is 321 g/mol. The predicted octanol–water partition coefficient (Wildman–Crippen LogP) is 0.965. The highest BCUT2D eigenvalue weighted by Crippen LogP contribution is 2.33. The van der Waals surface area contributed by atoms with E-state index in [-0.39, 0.29) is 12.8 Å². The van der Waals surface area contributed by atoms with Crippen molar-refractivity contribution in [2.45, 2.75) is 37.5 Å². The van der Waals surface area contributed by atoms with Crippen molar-refractivity contribution in [3.63, 3.8) is 0 Å². The molecule has 0 saturated carbocycles. The topological polar surface area (TPSA) is 94.1 Å². The van der Waals surface area contributed by atoms with Crippen LogP contribution in [0.3, 0.4) is 0 Å². The molecule has 1 saturated heterocycles. The van der Waals surface area contributed by atoms with E-state index in [4.69, 9.17) is 14.2 Å². The zero-order valence-corrected chi connectivity index (χ0v) is 12.8. The average Bonchev–Trinajstić information content (AvgIpc) is 2.54. The Hall–Kier alpha value is -2.28. The lowest BCUT2D eigenvalue weighted by Gasteiger charge is -2.37. The molecule has 2 aliphatic rings. The summed E-state index contributed by atoms with van der Waals surface area (Å²) >= 11 is 0. The lowest BCUT2D eigenvalue weighted by Crippen LogP contribution is -2.62. The van der Waals surface area contributed by atoms with Crippen LogP contribution in [0.5, 0.6) is 11.5 Å². The molecule has 0 aliphatic carbocycles. The van der Waals surface area contributed by atoms with Crippen molar-refractivity contribution >= 4 is 11.9 Å². The summed E-state index contributed by atoms with van der Waals surface area (Å²) in [6.07, 6.45) is -0.960. The van der Waals surface area contributed by atoms with Gasteiger partial charge in [-0.15, -0.1) is 0 Å². The number of carboxylic acids is 1. The van der Waals surface area contributed by atoms with E-state index in [2.05, 4.69) is 5.32 Å². The molecule has 0 bridgehead atoms. The van der Waals surface area contributed by atoms with Crippen LogP contribution in [0.1, 0.15) is 19.8 Å². The Morgan fingerprint density at radius 2 is 1.78 bits per heavy atom. The van der Waals surface area contributed by atoms with E-state index in [1.54, 1.807) is 25.1 Å². The summed E-state index contributed by atoms with van der Waals surface area (Å²) in [4.78, 5) is 24.2. The molecule has 0 radical (unpaired) electrons. The number of carbonyl (C=O) groups is 2. The number of fused-ring (bicyclic) bond motifs is 1. The molecule has 0 spiro atoms. The maximum atomic E-state index is 12.6. The number of hydrogen-bond acceptors (Lipinski definition) is 5. The Morgan fingerprint density at radius 1 is 1.17 bits per heavy atom. The molecule has 2 atom stereocenters. The van der Waals surface area contributed by atoms with Crippen molar-refractivity contribution in [1.82, 2.24) is 5.32 Å². The van der Waals surface area contributed by atoms with Crippen LogP contribution < -0.4 is 14.8 Å². The molecule has 1 aromatic rings. The molecule has 124 valence electrons. The first kappa shape index (κ1) is 15.6. The van der Waals surface area contributed by atoms with E-state index in [9.17, 15) is 14.7 Å². The molecule has 1 amide bonds. The largest absolute Gasteiger partial charge is 0.482 e. The van der Waals surface area contributed by atoms with Gasteiger partial charge in [0.15, 0.2) is 11.5 Å². The molecule has 23 heavy (non-hydrogen) atoms. The van der Waals surface area contributed by atoms with Crippen LogP contribution >= 0.6 is 0 Å². The third kappa shape index (κ3) is 2.96. The van der Waals surface area contributed by atoms with E-state index in [1.807, 2.05) is 6.07 Å². The molecular weight excluding hydrogens is 302 g/mol. The normalized spacial score (nSPS) is 25.4. The number of para-hydroxylation sites is 2. The minimum Gasteiger partial charge on any atom is -0.482 e. The van der Waals surface area contributed by atoms with Gasteiger partial charge in [0, 0.05) is 26.1 Å². The molecule has 0 aromatic heterocycles. The first-order chi connectivity index (χ1) is 11.0. The Balaban J connectivity index is 1.76. The summed E-state index contributed by atoms with van der Waals surface area (Å²) in [7, 11) is 0. The van der Waals surface area contributed by atoms with Crippen molar-refractivity contribution in [2.75, 3.05) is 13.2 Å². The molecule has 2 aliphatic heterocycles. The minimum atomic E-state index is -1.31. The Kier molecular flexibility index (Phi) is 4.12. The highest BCUT2D eigenvalue weighted by atomic mass is 16.6. The Morgan fingerprint density at radius 3 is 2.39 bits per heavy atom. The number of carboxylic acid groups (broad SMARTS) is 1. The van der Waals surface area contributed by atoms with E-state index in [0.29, 0.717) is 24.7 Å². The van der Waals surface area contributed by atoms with Gasteiger partial charge in [0.05, 0.1) is 0 Å². The summed E-state index contributed by atoms with van der Waals surface area (Å²) in [5.74, 6) is -0.500. The summed E-state index contributed by atoms with van der Waals surface area (Å²) < 4.78 is 16.6. The van der Waals surface area contributed by atoms with Crippen molar-refractivity contribution in [1.29, 1.82) is 0 Å². The second-order valence-electron chi connectivity index (χ2n) is 5.80. The summed E-state index contributed by atoms with van der Waals surface area (Å²) in [5.41, 5.74) is -1.31. The second-order valence-corrected chi connectivity index (χ2v) is 5.80. The van der Waals surface area contributed by atoms with Crippen molar-refractivity contribution in [3.8, 4) is 11.5 Å². The lowest BCUT2D eigenvalue weighted by molar-refractivity contribution is -0.154. The summed E-state index contributed by atoms with van der Waals surface area (Å²) in [6.45, 7) is 2.32. The maximum Gasteiger partial charge on any atom is 0.329 e. The molecular formula is C16H19NO6. The Labute approximate surface area is 133 Å². The molecule has 2 heterocycles. The fourth-order valence-corrected chi connectivity index (χ4v) is 2.83. The molecule has 7 nitrogen and oxygen atoms in total. The van der Waals surface area contributed by atoms with Crippen molar-refractivity contribution in [2.24, 2.45) is 0 Å². The smallest absolute Gasteiger partial charge is 0.329 e. The quantitative estimate of drug-likeness (QED) is 0.861. The highest BCUT2D eigenvalue weighted by molar-refractivity contribution is 5.90. The van der Waals surface area contributed by atoms with Crippen LogP contribution in [0, 0.1) is 0 Å². The van der Waals surface area contributed by atoms with E-state index < -0.39 is 29.6 Å². The zero-order chi connectivity index (χ0) is 16.4. The van der Waals surface area contributed by atoms with Crippen LogP contribution in [0.15, 0.2) is 24.3 Å². The standard InChI is InChI=1S/C16H19NO6/c1-10-13(23-12-5-3-2-4-11(12)22-10)14(18)17-16(15(19)20)6-8-21-9-7-16/h2-5,10,13H,6-9H2,1H3,(H,17,18)(H,19,20)/t10-,13+/m1/s1. The maximum absolute atomic E-state index is 12.6. The number of ether oxygens (including phenoxy) is 3. The minimum absolute atomic E-state index is 0.229. The van der Waals surface area contributed by atoms with Gasteiger partial charge < -0.3 is 24.6 Å². The van der Waals surface area contributed by atoms with Crippen LogP contribution in [-0.2, 0) is 14.3 Å². The van der Waals surface area contributed by atoms with Crippen LogP contribution in [0.25, 0.3) is 0 Å². The van der Waals surface area contributed by atoms with Gasteiger partial charge in [0.1, 0.15) is 11.6 Å². The van der Waals surface area contributed by atoms with Gasteiger partial charge in [-0.1, -0.05) is 12.1 Å². The highest BCUT2D eigenvalue weighted by Gasteiger charge is 2.45. The number of nitrogens with one attached hydrogen (secondary N) is 1. The van der Waals surface area contributed by atoms with Crippen molar-refractivity contribution < 1.29 is 28.9 Å². The number of hydrogen-bond donors (Lipinski definition) is 2. The number of rotatable bonds is 3. The second kappa shape index (κ2) is 6.08. The molecule has 1 aromatic carbocycles. The fourth-order valence-electron chi connectivity index (χ4n) is 2.83. The van der Waals surface area contributed by atoms with Gasteiger partial charge in [-0.05, 0) is 19.1 Å². The molecule has 7 heteroatoms.